The van der Waals surface area contributed by atoms with Crippen LogP contribution in [0.5, 0.6) is 0 Å². The molecule has 1 atom stereocenters. The summed E-state index contributed by atoms with van der Waals surface area (Å²) >= 11 is 0. The third-order valence-corrected chi connectivity index (χ3v) is 6.68. The van der Waals surface area contributed by atoms with Gasteiger partial charge in [0.15, 0.2) is 0 Å². The van der Waals surface area contributed by atoms with Gasteiger partial charge in [-0.1, -0.05) is 42.5 Å². The molecule has 2 aliphatic rings. The van der Waals surface area contributed by atoms with Crippen molar-refractivity contribution in [2.24, 2.45) is 0 Å². The fourth-order valence-electron chi connectivity index (χ4n) is 4.91. The van der Waals surface area contributed by atoms with Crippen molar-refractivity contribution in [2.45, 2.75) is 52.0 Å². The highest BCUT2D eigenvalue weighted by Gasteiger charge is 2.36. The summed E-state index contributed by atoms with van der Waals surface area (Å²) in [5, 5.41) is 0. The number of likely N-dealkylation sites (tertiary alicyclic amines) is 1. The number of benzene rings is 2. The summed E-state index contributed by atoms with van der Waals surface area (Å²) in [5.74, 6) is -0.737. The van der Waals surface area contributed by atoms with Crippen LogP contribution in [-0.4, -0.2) is 47.3 Å². The van der Waals surface area contributed by atoms with E-state index in [1.165, 1.54) is 6.42 Å². The van der Waals surface area contributed by atoms with Crippen LogP contribution in [0.1, 0.15) is 66.9 Å². The van der Waals surface area contributed by atoms with Crippen molar-refractivity contribution >= 4 is 17.8 Å². The van der Waals surface area contributed by atoms with Gasteiger partial charge in [0.05, 0.1) is 18.7 Å². The molecule has 0 N–H and O–H groups in total. The number of allylic oxidation sites excluding steroid dienone is 1. The highest BCUT2D eigenvalue weighted by atomic mass is 16.5. The second-order valence-electron chi connectivity index (χ2n) is 8.92. The number of piperidine rings is 1. The number of nitrogens with zero attached hydrogens (tertiary/aromatic N) is 2. The van der Waals surface area contributed by atoms with Crippen LogP contribution in [0.15, 0.2) is 65.9 Å². The number of rotatable bonds is 6. The molecule has 6 heteroatoms. The average Bonchev–Trinajstić information content (AvgIpc) is 2.87. The van der Waals surface area contributed by atoms with Crippen LogP contribution >= 0.6 is 0 Å². The first-order chi connectivity index (χ1) is 16.5. The largest absolute Gasteiger partial charge is 0.463 e. The van der Waals surface area contributed by atoms with Gasteiger partial charge in [0.2, 0.25) is 5.91 Å². The molecule has 34 heavy (non-hydrogen) atoms. The van der Waals surface area contributed by atoms with Crippen LogP contribution in [0.4, 0.5) is 0 Å². The number of hydrogen-bond acceptors (Lipinski definition) is 4. The van der Waals surface area contributed by atoms with E-state index in [-0.39, 0.29) is 36.7 Å². The van der Waals surface area contributed by atoms with Gasteiger partial charge in [0.1, 0.15) is 0 Å². The predicted molar refractivity (Wildman–Crippen MR) is 130 cm³/mol. The first kappa shape index (κ1) is 23.7. The average molecular weight is 461 g/mol. The lowest BCUT2D eigenvalue weighted by atomic mass is 9.83. The van der Waals surface area contributed by atoms with Crippen molar-refractivity contribution in [3.8, 4) is 0 Å². The monoisotopic (exact) mass is 460 g/mol. The van der Waals surface area contributed by atoms with E-state index in [9.17, 15) is 14.4 Å². The predicted octanol–water partition coefficient (Wildman–Crippen LogP) is 4.67. The van der Waals surface area contributed by atoms with Gasteiger partial charge in [0, 0.05) is 36.7 Å². The quantitative estimate of drug-likeness (QED) is 0.588. The van der Waals surface area contributed by atoms with Crippen LogP contribution in [-0.2, 0) is 20.9 Å². The van der Waals surface area contributed by atoms with Gasteiger partial charge in [-0.05, 0) is 56.4 Å². The molecule has 1 fully saturated rings. The first-order valence-electron chi connectivity index (χ1n) is 12.1. The van der Waals surface area contributed by atoms with E-state index in [2.05, 4.69) is 0 Å². The zero-order valence-corrected chi connectivity index (χ0v) is 20.0. The molecule has 6 nitrogen and oxygen atoms in total. The normalized spacial score (nSPS) is 18.8. The molecular weight excluding hydrogens is 428 g/mol. The molecule has 2 aliphatic heterocycles. The SMILES string of the molecule is CCOC(=O)C1=C(C)N(Cc2cccc(C(=O)N3CCCCC3)c2)C(=O)CC1c1ccccc1. The molecule has 2 aromatic rings. The molecule has 178 valence electrons. The van der Waals surface area contributed by atoms with Crippen molar-refractivity contribution in [1.82, 2.24) is 9.80 Å². The number of esters is 1. The standard InChI is InChI=1S/C28H32N2O4/c1-3-34-28(33)26-20(2)30(25(31)18-24(26)22-12-6-4-7-13-22)19-21-11-10-14-23(17-21)27(32)29-15-8-5-9-16-29/h4,6-7,10-14,17,24H,3,5,8-9,15-16,18-19H2,1-2H3. The molecule has 0 bridgehead atoms. The van der Waals surface area contributed by atoms with Gasteiger partial charge in [-0.2, -0.15) is 0 Å². The molecule has 2 amide bonds. The number of hydrogen-bond donors (Lipinski definition) is 0. The van der Waals surface area contributed by atoms with Gasteiger partial charge in [-0.25, -0.2) is 4.79 Å². The van der Waals surface area contributed by atoms with E-state index < -0.39 is 0 Å². The Kier molecular flexibility index (Phi) is 7.46. The maximum atomic E-state index is 13.2. The maximum absolute atomic E-state index is 13.2. The summed E-state index contributed by atoms with van der Waals surface area (Å²) in [4.78, 5) is 42.7. The zero-order valence-electron chi connectivity index (χ0n) is 20.0. The van der Waals surface area contributed by atoms with E-state index >= 15 is 0 Å². The fourth-order valence-corrected chi connectivity index (χ4v) is 4.91. The molecule has 2 aromatic carbocycles. The summed E-state index contributed by atoms with van der Waals surface area (Å²) < 4.78 is 5.37. The molecule has 0 radical (unpaired) electrons. The number of carbonyl (C=O) groups excluding carboxylic acids is 3. The van der Waals surface area contributed by atoms with Crippen molar-refractivity contribution < 1.29 is 19.1 Å². The molecule has 4 rings (SSSR count). The van der Waals surface area contributed by atoms with Crippen LogP contribution < -0.4 is 0 Å². The summed E-state index contributed by atoms with van der Waals surface area (Å²) in [6, 6.07) is 17.1. The van der Waals surface area contributed by atoms with Crippen LogP contribution in [0.25, 0.3) is 0 Å². The molecule has 0 aromatic heterocycles. The third-order valence-electron chi connectivity index (χ3n) is 6.68. The summed E-state index contributed by atoms with van der Waals surface area (Å²) in [7, 11) is 0. The molecule has 0 saturated carbocycles. The Morgan fingerprint density at radius 3 is 2.44 bits per heavy atom. The highest BCUT2D eigenvalue weighted by molar-refractivity contribution is 5.96. The zero-order chi connectivity index (χ0) is 24.1. The number of ether oxygens (including phenoxy) is 1. The lowest BCUT2D eigenvalue weighted by molar-refractivity contribution is -0.140. The highest BCUT2D eigenvalue weighted by Crippen LogP contribution is 2.37. The van der Waals surface area contributed by atoms with Crippen LogP contribution in [0.3, 0.4) is 0 Å². The minimum atomic E-state index is -0.389. The van der Waals surface area contributed by atoms with Crippen molar-refractivity contribution in [2.75, 3.05) is 19.7 Å². The third kappa shape index (κ3) is 5.06. The second kappa shape index (κ2) is 10.7. The molecule has 1 unspecified atom stereocenters. The van der Waals surface area contributed by atoms with Crippen molar-refractivity contribution in [1.29, 1.82) is 0 Å². The molecule has 1 saturated heterocycles. The first-order valence-corrected chi connectivity index (χ1v) is 12.1. The van der Waals surface area contributed by atoms with Gasteiger partial charge in [-0.3, -0.25) is 9.59 Å². The molecule has 0 aliphatic carbocycles. The van der Waals surface area contributed by atoms with Gasteiger partial charge in [0.25, 0.3) is 5.91 Å². The number of amides is 2. The van der Waals surface area contributed by atoms with E-state index in [4.69, 9.17) is 4.74 Å². The van der Waals surface area contributed by atoms with E-state index in [1.807, 2.05) is 66.4 Å². The van der Waals surface area contributed by atoms with Crippen molar-refractivity contribution in [3.05, 3.63) is 82.6 Å². The summed E-state index contributed by atoms with van der Waals surface area (Å²) in [5.41, 5.74) is 3.55. The number of carbonyl (C=O) groups is 3. The Labute approximate surface area is 201 Å². The van der Waals surface area contributed by atoms with E-state index in [0.29, 0.717) is 23.4 Å². The minimum Gasteiger partial charge on any atom is -0.463 e. The Morgan fingerprint density at radius 1 is 1.00 bits per heavy atom. The lowest BCUT2D eigenvalue weighted by Gasteiger charge is -2.34. The fraction of sp³-hybridized carbons (Fsp3) is 0.393. The van der Waals surface area contributed by atoms with E-state index in [1.54, 1.807) is 11.8 Å². The second-order valence-corrected chi connectivity index (χ2v) is 8.92. The van der Waals surface area contributed by atoms with Crippen LogP contribution in [0.2, 0.25) is 0 Å². The molecule has 2 heterocycles. The Balaban J connectivity index is 1.62. The van der Waals surface area contributed by atoms with Crippen LogP contribution in [0, 0.1) is 0 Å². The smallest absolute Gasteiger partial charge is 0.336 e. The Bertz CT molecular complexity index is 1090. The van der Waals surface area contributed by atoms with Crippen molar-refractivity contribution in [3.63, 3.8) is 0 Å². The maximum Gasteiger partial charge on any atom is 0.336 e. The topological polar surface area (TPSA) is 66.9 Å². The summed E-state index contributed by atoms with van der Waals surface area (Å²) in [6.45, 7) is 5.74. The molecular formula is C28H32N2O4. The van der Waals surface area contributed by atoms with Gasteiger partial charge >= 0.3 is 5.97 Å². The van der Waals surface area contributed by atoms with Gasteiger partial charge < -0.3 is 14.5 Å². The minimum absolute atomic E-state index is 0.0372. The Morgan fingerprint density at radius 2 is 1.74 bits per heavy atom. The Hall–Kier alpha value is -3.41. The molecule has 0 spiro atoms. The van der Waals surface area contributed by atoms with E-state index in [0.717, 1.165) is 37.1 Å². The van der Waals surface area contributed by atoms with Gasteiger partial charge in [-0.15, -0.1) is 0 Å². The summed E-state index contributed by atoms with van der Waals surface area (Å²) in [6.07, 6.45) is 3.44. The lowest BCUT2D eigenvalue weighted by Crippen LogP contribution is -2.38.